The number of nitrogens with zero attached hydrogens (tertiary/aromatic N) is 1. The molecule has 6 heteroatoms. The van der Waals surface area contributed by atoms with Crippen LogP contribution in [0.2, 0.25) is 0 Å². The number of aromatic nitrogens is 1. The fourth-order valence-corrected chi connectivity index (χ4v) is 4.11. The van der Waals surface area contributed by atoms with E-state index in [2.05, 4.69) is 4.98 Å². The van der Waals surface area contributed by atoms with Crippen molar-refractivity contribution >= 4 is 5.91 Å². The zero-order valence-electron chi connectivity index (χ0n) is 13.9. The quantitative estimate of drug-likeness (QED) is 0.933. The summed E-state index contributed by atoms with van der Waals surface area (Å²) in [6.45, 7) is 0.677. The summed E-state index contributed by atoms with van der Waals surface area (Å²) in [4.78, 5) is 28.8. The van der Waals surface area contributed by atoms with E-state index >= 15 is 0 Å². The average molecular weight is 342 g/mol. The van der Waals surface area contributed by atoms with E-state index in [1.165, 1.54) is 31.5 Å². The fraction of sp³-hybridized carbons (Fsp3) is 0.368. The Morgan fingerprint density at radius 1 is 1.32 bits per heavy atom. The zero-order valence-corrected chi connectivity index (χ0v) is 13.9. The Morgan fingerprint density at radius 3 is 2.64 bits per heavy atom. The minimum Gasteiger partial charge on any atom is -0.496 e. The van der Waals surface area contributed by atoms with Gasteiger partial charge in [0.2, 0.25) is 0 Å². The molecule has 1 aliphatic carbocycles. The molecule has 1 amide bonds. The van der Waals surface area contributed by atoms with Crippen LogP contribution in [0.4, 0.5) is 4.39 Å². The maximum absolute atomic E-state index is 13.3. The predicted octanol–water partition coefficient (Wildman–Crippen LogP) is 2.89. The number of amides is 1. The largest absolute Gasteiger partial charge is 0.496 e. The molecule has 25 heavy (non-hydrogen) atoms. The SMILES string of the molecule is COc1cc(=O)[nH]cc1C(=O)N1CC2(CCC2)C1c1ccc(F)cc1. The van der Waals surface area contributed by atoms with Crippen molar-refractivity contribution in [2.24, 2.45) is 5.41 Å². The van der Waals surface area contributed by atoms with Crippen LogP contribution in [-0.2, 0) is 0 Å². The highest BCUT2D eigenvalue weighted by atomic mass is 19.1. The minimum absolute atomic E-state index is 0.0639. The number of pyridine rings is 1. The molecular formula is C19H19FN2O3. The Balaban J connectivity index is 1.68. The van der Waals surface area contributed by atoms with Crippen molar-refractivity contribution in [2.45, 2.75) is 25.3 Å². The second-order valence-electron chi connectivity index (χ2n) is 6.88. The molecule has 1 aromatic carbocycles. The first-order chi connectivity index (χ1) is 12.0. The van der Waals surface area contributed by atoms with Crippen LogP contribution in [0, 0.1) is 11.2 Å². The summed E-state index contributed by atoms with van der Waals surface area (Å²) in [5.41, 5.74) is 1.07. The lowest BCUT2D eigenvalue weighted by Gasteiger charge is -2.62. The van der Waals surface area contributed by atoms with Crippen molar-refractivity contribution < 1.29 is 13.9 Å². The van der Waals surface area contributed by atoms with Gasteiger partial charge >= 0.3 is 0 Å². The van der Waals surface area contributed by atoms with Crippen LogP contribution < -0.4 is 10.3 Å². The minimum atomic E-state index is -0.317. The zero-order chi connectivity index (χ0) is 17.6. The van der Waals surface area contributed by atoms with Gasteiger partial charge in [0.05, 0.1) is 18.7 Å². The maximum Gasteiger partial charge on any atom is 0.259 e. The van der Waals surface area contributed by atoms with Gasteiger partial charge in [0.1, 0.15) is 11.6 Å². The number of benzene rings is 1. The summed E-state index contributed by atoms with van der Waals surface area (Å²) in [6, 6.07) is 7.59. The van der Waals surface area contributed by atoms with Crippen molar-refractivity contribution in [1.82, 2.24) is 9.88 Å². The van der Waals surface area contributed by atoms with E-state index in [1.54, 1.807) is 17.0 Å². The Kier molecular flexibility index (Phi) is 3.63. The predicted molar refractivity (Wildman–Crippen MR) is 90.1 cm³/mol. The number of nitrogens with one attached hydrogen (secondary N) is 1. The van der Waals surface area contributed by atoms with E-state index in [0.29, 0.717) is 12.1 Å². The molecule has 0 radical (unpaired) electrons. The van der Waals surface area contributed by atoms with Gasteiger partial charge in [-0.25, -0.2) is 4.39 Å². The first kappa shape index (κ1) is 15.9. The Hall–Kier alpha value is -2.63. The first-order valence-corrected chi connectivity index (χ1v) is 8.37. The molecule has 1 N–H and O–H groups in total. The van der Waals surface area contributed by atoms with E-state index in [0.717, 1.165) is 24.8 Å². The summed E-state index contributed by atoms with van der Waals surface area (Å²) < 4.78 is 18.5. The molecular weight excluding hydrogens is 323 g/mol. The van der Waals surface area contributed by atoms with Crippen LogP contribution in [0.5, 0.6) is 5.75 Å². The highest BCUT2D eigenvalue weighted by molar-refractivity contribution is 5.97. The van der Waals surface area contributed by atoms with Gasteiger partial charge in [0.15, 0.2) is 0 Å². The molecule has 1 aliphatic heterocycles. The number of aromatic amines is 1. The second-order valence-corrected chi connectivity index (χ2v) is 6.88. The molecule has 2 fully saturated rings. The third kappa shape index (κ3) is 2.44. The Labute approximate surface area is 144 Å². The summed E-state index contributed by atoms with van der Waals surface area (Å²) in [5.74, 6) is -0.202. The molecule has 1 saturated heterocycles. The number of carbonyl (C=O) groups is 1. The van der Waals surface area contributed by atoms with Crippen LogP contribution in [0.3, 0.4) is 0 Å². The van der Waals surface area contributed by atoms with Crippen molar-refractivity contribution in [3.63, 3.8) is 0 Å². The van der Waals surface area contributed by atoms with Crippen molar-refractivity contribution in [2.75, 3.05) is 13.7 Å². The monoisotopic (exact) mass is 342 g/mol. The number of carbonyl (C=O) groups excluding carboxylic acids is 1. The van der Waals surface area contributed by atoms with Gasteiger partial charge in [0, 0.05) is 24.2 Å². The topological polar surface area (TPSA) is 62.4 Å². The summed E-state index contributed by atoms with van der Waals surface area (Å²) in [7, 11) is 1.44. The molecule has 1 saturated carbocycles. The molecule has 2 heterocycles. The van der Waals surface area contributed by atoms with Gasteiger partial charge in [-0.2, -0.15) is 0 Å². The number of hydrogen-bond acceptors (Lipinski definition) is 3. The molecule has 1 spiro atoms. The number of ether oxygens (including phenoxy) is 1. The number of methoxy groups -OCH3 is 1. The second kappa shape index (κ2) is 5.72. The van der Waals surface area contributed by atoms with Gasteiger partial charge < -0.3 is 14.6 Å². The number of hydrogen-bond donors (Lipinski definition) is 1. The van der Waals surface area contributed by atoms with E-state index < -0.39 is 0 Å². The van der Waals surface area contributed by atoms with E-state index in [1.807, 2.05) is 0 Å². The van der Waals surface area contributed by atoms with Crippen LogP contribution in [0.25, 0.3) is 0 Å². The highest BCUT2D eigenvalue weighted by Crippen LogP contribution is 2.60. The van der Waals surface area contributed by atoms with Crippen molar-refractivity contribution in [1.29, 1.82) is 0 Å². The molecule has 5 nitrogen and oxygen atoms in total. The van der Waals surface area contributed by atoms with Crippen LogP contribution in [-0.4, -0.2) is 29.4 Å². The average Bonchev–Trinajstić information content (AvgIpc) is 2.54. The molecule has 1 aromatic heterocycles. The normalized spacial score (nSPS) is 20.7. The third-order valence-corrected chi connectivity index (χ3v) is 5.51. The van der Waals surface area contributed by atoms with Crippen molar-refractivity contribution in [3.05, 3.63) is 63.8 Å². The molecule has 1 unspecified atom stereocenters. The van der Waals surface area contributed by atoms with E-state index in [9.17, 15) is 14.0 Å². The van der Waals surface area contributed by atoms with Gasteiger partial charge in [-0.3, -0.25) is 9.59 Å². The number of likely N-dealkylation sites (tertiary alicyclic amines) is 1. The molecule has 0 bridgehead atoms. The van der Waals surface area contributed by atoms with Gasteiger partial charge in [0.25, 0.3) is 11.5 Å². The highest BCUT2D eigenvalue weighted by Gasteiger charge is 2.58. The van der Waals surface area contributed by atoms with Gasteiger partial charge in [-0.05, 0) is 30.5 Å². The van der Waals surface area contributed by atoms with Crippen LogP contribution in [0.15, 0.2) is 41.3 Å². The molecule has 1 atom stereocenters. The summed E-state index contributed by atoms with van der Waals surface area (Å²) >= 11 is 0. The van der Waals surface area contributed by atoms with Crippen molar-refractivity contribution in [3.8, 4) is 5.75 Å². The van der Waals surface area contributed by atoms with E-state index in [-0.39, 0.29) is 34.5 Å². The van der Waals surface area contributed by atoms with Crippen LogP contribution >= 0.6 is 0 Å². The molecule has 130 valence electrons. The summed E-state index contributed by atoms with van der Waals surface area (Å²) in [6.07, 6.45) is 4.70. The lowest BCUT2D eigenvalue weighted by Crippen LogP contribution is -2.63. The van der Waals surface area contributed by atoms with Gasteiger partial charge in [-0.1, -0.05) is 18.6 Å². The van der Waals surface area contributed by atoms with Crippen LogP contribution in [0.1, 0.15) is 41.2 Å². The summed E-state index contributed by atoms with van der Waals surface area (Å²) in [5, 5.41) is 0. The molecule has 2 aromatic rings. The molecule has 2 aliphatic rings. The Bertz CT molecular complexity index is 871. The standard InChI is InChI=1S/C19H19FN2O3/c1-25-15-9-16(23)21-10-14(15)18(24)22-11-19(7-2-8-19)17(22)12-3-5-13(20)6-4-12/h3-6,9-10,17H,2,7-8,11H2,1H3,(H,21,23). The molecule has 4 rings (SSSR count). The fourth-order valence-electron chi connectivity index (χ4n) is 4.11. The Morgan fingerprint density at radius 2 is 2.04 bits per heavy atom. The van der Waals surface area contributed by atoms with Gasteiger partial charge in [-0.15, -0.1) is 0 Å². The maximum atomic E-state index is 13.3. The lowest BCUT2D eigenvalue weighted by molar-refractivity contribution is -0.105. The smallest absolute Gasteiger partial charge is 0.259 e. The number of halogens is 1. The number of H-pyrrole nitrogens is 1. The van der Waals surface area contributed by atoms with E-state index in [4.69, 9.17) is 4.74 Å². The third-order valence-electron chi connectivity index (χ3n) is 5.51. The number of rotatable bonds is 3. The lowest BCUT2D eigenvalue weighted by atomic mass is 9.56. The first-order valence-electron chi connectivity index (χ1n) is 8.37.